The third kappa shape index (κ3) is 3.48. The van der Waals surface area contributed by atoms with Gasteiger partial charge in [0.15, 0.2) is 21.5 Å². The van der Waals surface area contributed by atoms with Crippen molar-refractivity contribution in [2.24, 2.45) is 7.05 Å². The summed E-state index contributed by atoms with van der Waals surface area (Å²) in [6.45, 7) is 0.0619. The Morgan fingerprint density at radius 2 is 1.97 bits per heavy atom. The van der Waals surface area contributed by atoms with E-state index in [9.17, 15) is 26.8 Å². The number of carbonyl (C=O) groups is 1. The van der Waals surface area contributed by atoms with E-state index < -0.39 is 21.5 Å². The number of carbonyl (C=O) groups excluding carboxylic acids is 1. The summed E-state index contributed by atoms with van der Waals surface area (Å²) in [4.78, 5) is 33.0. The van der Waals surface area contributed by atoms with Crippen LogP contribution in [0.25, 0.3) is 22.0 Å². The number of hydrogen-bond acceptors (Lipinski definition) is 6. The molecule has 0 radical (unpaired) electrons. The zero-order valence-electron chi connectivity index (χ0n) is 18.1. The predicted octanol–water partition coefficient (Wildman–Crippen LogP) is 3.22. The Hall–Kier alpha value is -3.86. The minimum atomic E-state index is -3.49. The molecule has 0 spiro atoms. The second-order valence-corrected chi connectivity index (χ2v) is 10.5. The highest BCUT2D eigenvalue weighted by Crippen LogP contribution is 2.44. The molecular formula is C23H18F2N4O4S. The fourth-order valence-corrected chi connectivity index (χ4v) is 5.23. The van der Waals surface area contributed by atoms with E-state index in [-0.39, 0.29) is 34.8 Å². The first kappa shape index (κ1) is 22.0. The summed E-state index contributed by atoms with van der Waals surface area (Å²) < 4.78 is 53.9. The quantitative estimate of drug-likeness (QED) is 0.446. The largest absolute Gasteiger partial charge is 0.356 e. The first-order valence-electron chi connectivity index (χ1n) is 10.2. The fraction of sp³-hybridized carbons (Fsp3) is 0.174. The number of nitrogens with zero attached hydrogens (tertiary/aromatic N) is 3. The smallest absolute Gasteiger partial charge is 0.274 e. The number of anilines is 2. The molecule has 11 heteroatoms. The van der Waals surface area contributed by atoms with E-state index in [0.29, 0.717) is 45.6 Å². The standard InChI is InChI=1S/C23H18F2N4O4S/c1-28-9-17-16-3-13(11-34(2,32)33)12(10-30)4-19(16)29(22-18(25)5-15(24)7-27-22)8-14-6-26-21(20(14)17)23(28)31/h3-7,9-10,26H,8,11H2,1-2H3. The third-order valence-corrected chi connectivity index (χ3v) is 6.68. The summed E-state index contributed by atoms with van der Waals surface area (Å²) in [6, 6.07) is 3.75. The zero-order valence-corrected chi connectivity index (χ0v) is 18.9. The van der Waals surface area contributed by atoms with Gasteiger partial charge in [0.05, 0.1) is 24.2 Å². The van der Waals surface area contributed by atoms with Crippen LogP contribution < -0.4 is 10.5 Å². The van der Waals surface area contributed by atoms with Gasteiger partial charge in [-0.2, -0.15) is 0 Å². The summed E-state index contributed by atoms with van der Waals surface area (Å²) in [7, 11) is -1.90. The Bertz CT molecular complexity index is 1670. The number of H-pyrrole nitrogens is 1. The van der Waals surface area contributed by atoms with Gasteiger partial charge in [0.2, 0.25) is 0 Å². The minimum Gasteiger partial charge on any atom is -0.356 e. The van der Waals surface area contributed by atoms with Gasteiger partial charge < -0.3 is 14.5 Å². The molecule has 0 unspecified atom stereocenters. The summed E-state index contributed by atoms with van der Waals surface area (Å²) in [5, 5.41) is 0.596. The van der Waals surface area contributed by atoms with Crippen LogP contribution in [-0.2, 0) is 29.2 Å². The molecule has 1 aliphatic heterocycles. The predicted molar refractivity (Wildman–Crippen MR) is 123 cm³/mol. The molecule has 4 aromatic rings. The van der Waals surface area contributed by atoms with Crippen molar-refractivity contribution in [2.45, 2.75) is 12.3 Å². The Labute approximate surface area is 192 Å². The van der Waals surface area contributed by atoms with E-state index in [1.807, 2.05) is 0 Å². The van der Waals surface area contributed by atoms with E-state index in [1.165, 1.54) is 15.5 Å². The van der Waals surface area contributed by atoms with Crippen molar-refractivity contribution in [1.29, 1.82) is 0 Å². The van der Waals surface area contributed by atoms with E-state index >= 15 is 0 Å². The van der Waals surface area contributed by atoms with Gasteiger partial charge in [-0.15, -0.1) is 0 Å². The molecule has 0 fully saturated rings. The number of sulfone groups is 1. The van der Waals surface area contributed by atoms with Crippen molar-refractivity contribution in [3.63, 3.8) is 0 Å². The van der Waals surface area contributed by atoms with Crippen LogP contribution in [0.15, 0.2) is 41.6 Å². The average molecular weight is 484 g/mol. The zero-order chi connectivity index (χ0) is 24.4. The molecule has 0 saturated heterocycles. The number of nitrogens with one attached hydrogen (secondary N) is 1. The normalized spacial score (nSPS) is 13.1. The second kappa shape index (κ2) is 7.59. The summed E-state index contributed by atoms with van der Waals surface area (Å²) >= 11 is 0. The van der Waals surface area contributed by atoms with Crippen molar-refractivity contribution >= 4 is 38.5 Å². The fourth-order valence-electron chi connectivity index (χ4n) is 4.42. The number of halogens is 2. The number of pyridine rings is 2. The van der Waals surface area contributed by atoms with Crippen LogP contribution in [0.4, 0.5) is 20.3 Å². The number of aromatic nitrogens is 3. The lowest BCUT2D eigenvalue weighted by Crippen LogP contribution is -2.19. The molecule has 8 nitrogen and oxygen atoms in total. The van der Waals surface area contributed by atoms with Gasteiger partial charge in [-0.3, -0.25) is 9.59 Å². The van der Waals surface area contributed by atoms with Crippen LogP contribution in [-0.4, -0.2) is 35.5 Å². The Balaban J connectivity index is 1.90. The molecule has 0 aliphatic carbocycles. The van der Waals surface area contributed by atoms with Crippen LogP contribution in [0.5, 0.6) is 0 Å². The van der Waals surface area contributed by atoms with E-state index in [0.717, 1.165) is 12.5 Å². The number of aromatic amines is 1. The van der Waals surface area contributed by atoms with Crippen LogP contribution in [0.3, 0.4) is 0 Å². The van der Waals surface area contributed by atoms with Crippen molar-refractivity contribution in [1.82, 2.24) is 14.5 Å². The molecule has 1 N–H and O–H groups in total. The van der Waals surface area contributed by atoms with Crippen LogP contribution in [0.2, 0.25) is 0 Å². The number of aryl methyl sites for hydroxylation is 1. The van der Waals surface area contributed by atoms with Gasteiger partial charge in [0, 0.05) is 53.8 Å². The monoisotopic (exact) mass is 484 g/mol. The SMILES string of the molecule is Cn1cc2c3c(c[nH]c3c1=O)CN(c1ncc(F)cc1F)c1cc(C=O)c(CS(C)(=O)=O)cc1-2. The second-order valence-electron chi connectivity index (χ2n) is 8.32. The summed E-state index contributed by atoms with van der Waals surface area (Å²) in [5.41, 5.74) is 2.55. The summed E-state index contributed by atoms with van der Waals surface area (Å²) in [5.74, 6) is -2.31. The maximum atomic E-state index is 14.9. The number of fused-ring (bicyclic) bond motifs is 2. The van der Waals surface area contributed by atoms with Gasteiger partial charge >= 0.3 is 0 Å². The third-order valence-electron chi connectivity index (χ3n) is 5.84. The van der Waals surface area contributed by atoms with Crippen molar-refractivity contribution < 1.29 is 22.0 Å². The van der Waals surface area contributed by atoms with Crippen LogP contribution in [0, 0.1) is 11.6 Å². The maximum absolute atomic E-state index is 14.9. The maximum Gasteiger partial charge on any atom is 0.274 e. The number of rotatable bonds is 4. The average Bonchev–Trinajstić information content (AvgIpc) is 3.13. The molecule has 34 heavy (non-hydrogen) atoms. The molecule has 4 heterocycles. The molecule has 174 valence electrons. The van der Waals surface area contributed by atoms with Crippen LogP contribution in [0.1, 0.15) is 21.5 Å². The molecule has 0 atom stereocenters. The van der Waals surface area contributed by atoms with Crippen molar-refractivity contribution in [2.75, 3.05) is 11.2 Å². The molecule has 0 amide bonds. The molecule has 1 aliphatic rings. The van der Waals surface area contributed by atoms with Gasteiger partial charge in [-0.05, 0) is 23.3 Å². The summed E-state index contributed by atoms with van der Waals surface area (Å²) in [6.07, 6.45) is 5.73. The minimum absolute atomic E-state index is 0.0619. The lowest BCUT2D eigenvalue weighted by molar-refractivity contribution is 0.112. The van der Waals surface area contributed by atoms with E-state index in [1.54, 1.807) is 25.5 Å². The van der Waals surface area contributed by atoms with E-state index in [2.05, 4.69) is 9.97 Å². The molecule has 0 saturated carbocycles. The van der Waals surface area contributed by atoms with Crippen molar-refractivity contribution in [3.8, 4) is 11.1 Å². The molecule has 1 aromatic carbocycles. The first-order valence-corrected chi connectivity index (χ1v) is 12.2. The van der Waals surface area contributed by atoms with Gasteiger partial charge in [0.25, 0.3) is 5.56 Å². The number of hydrogen-bond donors (Lipinski definition) is 1. The number of aldehydes is 1. The van der Waals surface area contributed by atoms with Gasteiger partial charge in [-0.25, -0.2) is 22.2 Å². The Kier molecular flexibility index (Phi) is 4.90. The first-order chi connectivity index (χ1) is 16.1. The number of benzene rings is 1. The van der Waals surface area contributed by atoms with Gasteiger partial charge in [0.1, 0.15) is 17.6 Å². The Morgan fingerprint density at radius 3 is 2.65 bits per heavy atom. The lowest BCUT2D eigenvalue weighted by Gasteiger charge is -2.26. The van der Waals surface area contributed by atoms with Gasteiger partial charge in [-0.1, -0.05) is 0 Å². The van der Waals surface area contributed by atoms with Crippen LogP contribution >= 0.6 is 0 Å². The molecule has 0 bridgehead atoms. The molecular weight excluding hydrogens is 466 g/mol. The highest BCUT2D eigenvalue weighted by Gasteiger charge is 2.29. The lowest BCUT2D eigenvalue weighted by atomic mass is 9.96. The highest BCUT2D eigenvalue weighted by atomic mass is 32.2. The van der Waals surface area contributed by atoms with Crippen molar-refractivity contribution in [3.05, 3.63) is 75.5 Å². The molecule has 5 rings (SSSR count). The topological polar surface area (TPSA) is 105 Å². The Morgan fingerprint density at radius 1 is 1.21 bits per heavy atom. The molecule has 3 aromatic heterocycles. The highest BCUT2D eigenvalue weighted by molar-refractivity contribution is 7.89. The van der Waals surface area contributed by atoms with E-state index in [4.69, 9.17) is 0 Å².